The van der Waals surface area contributed by atoms with E-state index in [0.29, 0.717) is 13.0 Å². The Labute approximate surface area is 82.6 Å². The summed E-state index contributed by atoms with van der Waals surface area (Å²) in [6, 6.07) is 7.95. The molecule has 1 heterocycles. The summed E-state index contributed by atoms with van der Waals surface area (Å²) >= 11 is 0. The Morgan fingerprint density at radius 1 is 1.57 bits per heavy atom. The largest absolute Gasteiger partial charge is 0.469 e. The molecule has 0 radical (unpaired) electrons. The van der Waals surface area contributed by atoms with E-state index in [-0.39, 0.29) is 12.1 Å². The third-order valence-corrected chi connectivity index (χ3v) is 2.42. The van der Waals surface area contributed by atoms with Gasteiger partial charge in [0.1, 0.15) is 0 Å². The van der Waals surface area contributed by atoms with Gasteiger partial charge in [0.15, 0.2) is 0 Å². The SMILES string of the molecule is COC(=O)CC1OCc2ccccc21. The Balaban J connectivity index is 2.14. The number of methoxy groups -OCH3 is 1. The molecule has 0 bridgehead atoms. The van der Waals surface area contributed by atoms with Crippen molar-refractivity contribution >= 4 is 5.97 Å². The van der Waals surface area contributed by atoms with Crippen LogP contribution in [0.1, 0.15) is 23.7 Å². The third-order valence-electron chi connectivity index (χ3n) is 2.42. The summed E-state index contributed by atoms with van der Waals surface area (Å²) in [7, 11) is 1.39. The van der Waals surface area contributed by atoms with Crippen LogP contribution in [0.3, 0.4) is 0 Å². The van der Waals surface area contributed by atoms with Gasteiger partial charge in [-0.15, -0.1) is 0 Å². The number of esters is 1. The minimum Gasteiger partial charge on any atom is -0.469 e. The van der Waals surface area contributed by atoms with Gasteiger partial charge in [-0.25, -0.2) is 0 Å². The summed E-state index contributed by atoms with van der Waals surface area (Å²) in [5.41, 5.74) is 2.28. The molecule has 0 saturated carbocycles. The number of fused-ring (bicyclic) bond motifs is 1. The van der Waals surface area contributed by atoms with Crippen LogP contribution < -0.4 is 0 Å². The van der Waals surface area contributed by atoms with Crippen LogP contribution in [0.4, 0.5) is 0 Å². The fraction of sp³-hybridized carbons (Fsp3) is 0.364. The van der Waals surface area contributed by atoms with Crippen LogP contribution in [-0.2, 0) is 20.9 Å². The van der Waals surface area contributed by atoms with Crippen LogP contribution >= 0.6 is 0 Å². The highest BCUT2D eigenvalue weighted by atomic mass is 16.5. The van der Waals surface area contributed by atoms with Crippen molar-refractivity contribution in [1.29, 1.82) is 0 Å². The van der Waals surface area contributed by atoms with Gasteiger partial charge < -0.3 is 9.47 Å². The second kappa shape index (κ2) is 3.80. The molecular formula is C11H12O3. The Morgan fingerprint density at radius 3 is 3.14 bits per heavy atom. The zero-order valence-electron chi connectivity index (χ0n) is 8.03. The maximum absolute atomic E-state index is 11.1. The first-order valence-electron chi connectivity index (χ1n) is 4.57. The number of benzene rings is 1. The van der Waals surface area contributed by atoms with Crippen LogP contribution in [-0.4, -0.2) is 13.1 Å². The molecule has 0 aliphatic carbocycles. The van der Waals surface area contributed by atoms with E-state index in [4.69, 9.17) is 4.74 Å². The molecule has 0 saturated heterocycles. The van der Waals surface area contributed by atoms with Gasteiger partial charge in [-0.05, 0) is 11.1 Å². The van der Waals surface area contributed by atoms with Gasteiger partial charge in [-0.1, -0.05) is 24.3 Å². The van der Waals surface area contributed by atoms with Crippen molar-refractivity contribution in [3.8, 4) is 0 Å². The van der Waals surface area contributed by atoms with E-state index in [9.17, 15) is 4.79 Å². The zero-order valence-corrected chi connectivity index (χ0v) is 8.03. The maximum atomic E-state index is 11.1. The fourth-order valence-corrected chi connectivity index (χ4v) is 1.66. The molecular weight excluding hydrogens is 180 g/mol. The van der Waals surface area contributed by atoms with E-state index in [1.54, 1.807) is 0 Å². The number of ether oxygens (including phenoxy) is 2. The van der Waals surface area contributed by atoms with Crippen molar-refractivity contribution in [2.75, 3.05) is 7.11 Å². The van der Waals surface area contributed by atoms with Crippen molar-refractivity contribution in [3.63, 3.8) is 0 Å². The Kier molecular flexibility index (Phi) is 2.50. The molecule has 2 rings (SSSR count). The van der Waals surface area contributed by atoms with E-state index >= 15 is 0 Å². The molecule has 1 aromatic carbocycles. The van der Waals surface area contributed by atoms with Gasteiger partial charge in [0.2, 0.25) is 0 Å². The van der Waals surface area contributed by atoms with Gasteiger partial charge in [-0.2, -0.15) is 0 Å². The van der Waals surface area contributed by atoms with E-state index < -0.39 is 0 Å². The smallest absolute Gasteiger partial charge is 0.308 e. The fourth-order valence-electron chi connectivity index (χ4n) is 1.66. The standard InChI is InChI=1S/C11H12O3/c1-13-11(12)6-10-9-5-3-2-4-8(9)7-14-10/h2-5,10H,6-7H2,1H3. The first-order chi connectivity index (χ1) is 6.81. The van der Waals surface area contributed by atoms with Crippen LogP contribution in [0.15, 0.2) is 24.3 Å². The summed E-state index contributed by atoms with van der Waals surface area (Å²) < 4.78 is 10.1. The van der Waals surface area contributed by atoms with Crippen molar-refractivity contribution in [2.24, 2.45) is 0 Å². The molecule has 1 atom stereocenters. The van der Waals surface area contributed by atoms with Gasteiger partial charge in [0.05, 0.1) is 26.2 Å². The van der Waals surface area contributed by atoms with E-state index in [0.717, 1.165) is 5.56 Å². The lowest BCUT2D eigenvalue weighted by atomic mass is 10.0. The highest BCUT2D eigenvalue weighted by Gasteiger charge is 2.25. The maximum Gasteiger partial charge on any atom is 0.308 e. The average Bonchev–Trinajstić information content (AvgIpc) is 2.62. The molecule has 3 heteroatoms. The predicted molar refractivity (Wildman–Crippen MR) is 50.6 cm³/mol. The lowest BCUT2D eigenvalue weighted by Crippen LogP contribution is -2.07. The van der Waals surface area contributed by atoms with E-state index in [1.807, 2.05) is 24.3 Å². The van der Waals surface area contributed by atoms with Gasteiger partial charge >= 0.3 is 5.97 Å². The second-order valence-corrected chi connectivity index (χ2v) is 3.28. The summed E-state index contributed by atoms with van der Waals surface area (Å²) in [6.45, 7) is 0.595. The lowest BCUT2D eigenvalue weighted by molar-refractivity contribution is -0.143. The minimum absolute atomic E-state index is 0.126. The quantitative estimate of drug-likeness (QED) is 0.670. The molecule has 3 nitrogen and oxygen atoms in total. The van der Waals surface area contributed by atoms with Crippen molar-refractivity contribution in [3.05, 3.63) is 35.4 Å². The number of carbonyl (C=O) groups is 1. The number of carbonyl (C=O) groups excluding carboxylic acids is 1. The van der Waals surface area contributed by atoms with E-state index in [2.05, 4.69) is 4.74 Å². The average molecular weight is 192 g/mol. The number of rotatable bonds is 2. The van der Waals surface area contributed by atoms with Crippen molar-refractivity contribution < 1.29 is 14.3 Å². The van der Waals surface area contributed by atoms with Crippen LogP contribution in [0.25, 0.3) is 0 Å². The Morgan fingerprint density at radius 2 is 2.36 bits per heavy atom. The molecule has 1 unspecified atom stereocenters. The molecule has 0 spiro atoms. The Hall–Kier alpha value is -1.35. The summed E-state index contributed by atoms with van der Waals surface area (Å²) in [5.74, 6) is -0.230. The molecule has 14 heavy (non-hydrogen) atoms. The molecule has 0 amide bonds. The number of hydrogen-bond acceptors (Lipinski definition) is 3. The minimum atomic E-state index is -0.230. The molecule has 0 aromatic heterocycles. The normalized spacial score (nSPS) is 19.1. The predicted octanol–water partition coefficient (Wildman–Crippen LogP) is 1.82. The molecule has 1 aromatic rings. The monoisotopic (exact) mass is 192 g/mol. The van der Waals surface area contributed by atoms with Crippen molar-refractivity contribution in [2.45, 2.75) is 19.1 Å². The van der Waals surface area contributed by atoms with Crippen LogP contribution in [0.2, 0.25) is 0 Å². The second-order valence-electron chi connectivity index (χ2n) is 3.28. The molecule has 0 fully saturated rings. The first-order valence-corrected chi connectivity index (χ1v) is 4.57. The molecule has 1 aliphatic rings. The Bertz CT molecular complexity index is 346. The molecule has 1 aliphatic heterocycles. The zero-order chi connectivity index (χ0) is 9.97. The third kappa shape index (κ3) is 1.63. The molecule has 74 valence electrons. The summed E-state index contributed by atoms with van der Waals surface area (Å²) in [5, 5.41) is 0. The lowest BCUT2D eigenvalue weighted by Gasteiger charge is -2.08. The van der Waals surface area contributed by atoms with Crippen molar-refractivity contribution in [1.82, 2.24) is 0 Å². The van der Waals surface area contributed by atoms with Gasteiger partial charge in [0.25, 0.3) is 0 Å². The summed E-state index contributed by atoms with van der Waals surface area (Å²) in [6.07, 6.45) is 0.173. The topological polar surface area (TPSA) is 35.5 Å². The highest BCUT2D eigenvalue weighted by Crippen LogP contribution is 2.32. The van der Waals surface area contributed by atoms with Gasteiger partial charge in [-0.3, -0.25) is 4.79 Å². The number of hydrogen-bond donors (Lipinski definition) is 0. The molecule has 0 N–H and O–H groups in total. The van der Waals surface area contributed by atoms with E-state index in [1.165, 1.54) is 12.7 Å². The van der Waals surface area contributed by atoms with Gasteiger partial charge in [0, 0.05) is 0 Å². The summed E-state index contributed by atoms with van der Waals surface area (Å²) in [4.78, 5) is 11.1. The first kappa shape index (κ1) is 9.21. The highest BCUT2D eigenvalue weighted by molar-refractivity contribution is 5.70. The van der Waals surface area contributed by atoms with Crippen LogP contribution in [0.5, 0.6) is 0 Å². The van der Waals surface area contributed by atoms with Crippen LogP contribution in [0, 0.1) is 0 Å².